The number of amides is 1. The van der Waals surface area contributed by atoms with Gasteiger partial charge in [-0.15, -0.1) is 0 Å². The summed E-state index contributed by atoms with van der Waals surface area (Å²) in [6.45, 7) is 4.21. The van der Waals surface area contributed by atoms with Gasteiger partial charge in [0, 0.05) is 43.8 Å². The van der Waals surface area contributed by atoms with Crippen LogP contribution in [0, 0.1) is 5.82 Å². The third-order valence-electron chi connectivity index (χ3n) is 5.24. The van der Waals surface area contributed by atoms with Crippen molar-refractivity contribution < 1.29 is 9.18 Å². The maximum absolute atomic E-state index is 13.1. The highest BCUT2D eigenvalue weighted by Gasteiger charge is 2.16. The Balaban J connectivity index is 1.54. The molecule has 31 heavy (non-hydrogen) atoms. The molecule has 7 nitrogen and oxygen atoms in total. The van der Waals surface area contributed by atoms with E-state index in [0.717, 1.165) is 22.5 Å². The molecule has 0 saturated heterocycles. The highest BCUT2D eigenvalue weighted by atomic mass is 19.1. The van der Waals surface area contributed by atoms with E-state index in [2.05, 4.69) is 39.0 Å². The molecule has 0 aliphatic carbocycles. The van der Waals surface area contributed by atoms with Crippen LogP contribution in [0.15, 0.2) is 54.9 Å². The molecule has 0 radical (unpaired) electrons. The summed E-state index contributed by atoms with van der Waals surface area (Å²) in [5, 5.41) is 2.84. The Morgan fingerprint density at radius 3 is 2.39 bits per heavy atom. The number of carbonyl (C=O) groups excluding carboxylic acids is 1. The second-order valence-electron chi connectivity index (χ2n) is 7.64. The van der Waals surface area contributed by atoms with Crippen LogP contribution in [0.25, 0.3) is 22.2 Å². The molecule has 1 N–H and O–H groups in total. The molecule has 0 atom stereocenters. The van der Waals surface area contributed by atoms with Crippen LogP contribution in [0.4, 0.5) is 16.0 Å². The van der Waals surface area contributed by atoms with Crippen LogP contribution in [-0.2, 0) is 7.05 Å². The summed E-state index contributed by atoms with van der Waals surface area (Å²) in [5.74, 6) is 0.185. The molecule has 0 aliphatic heterocycles. The molecule has 0 fully saturated rings. The first kappa shape index (κ1) is 20.5. The quantitative estimate of drug-likeness (QED) is 0.524. The van der Waals surface area contributed by atoms with Gasteiger partial charge in [-0.1, -0.05) is 12.1 Å². The molecule has 2 heterocycles. The summed E-state index contributed by atoms with van der Waals surface area (Å²) in [5.41, 5.74) is 3.87. The molecule has 2 aromatic heterocycles. The summed E-state index contributed by atoms with van der Waals surface area (Å²) in [6, 6.07) is 11.9. The van der Waals surface area contributed by atoms with Crippen molar-refractivity contribution in [2.45, 2.75) is 19.9 Å². The number of rotatable bonds is 5. The fraction of sp³-hybridized carbons (Fsp3) is 0.217. The van der Waals surface area contributed by atoms with Gasteiger partial charge >= 0.3 is 0 Å². The molecule has 8 heteroatoms. The third kappa shape index (κ3) is 4.09. The lowest BCUT2D eigenvalue weighted by Gasteiger charge is -2.22. The number of benzene rings is 2. The van der Waals surface area contributed by atoms with Crippen molar-refractivity contribution in [1.82, 2.24) is 19.5 Å². The zero-order valence-corrected chi connectivity index (χ0v) is 17.8. The van der Waals surface area contributed by atoms with Crippen LogP contribution in [-0.4, -0.2) is 38.5 Å². The second-order valence-corrected chi connectivity index (χ2v) is 7.64. The largest absolute Gasteiger partial charge is 0.343 e. The minimum Gasteiger partial charge on any atom is -0.343 e. The minimum absolute atomic E-state index is 0.0520. The fourth-order valence-electron chi connectivity index (χ4n) is 3.22. The predicted molar refractivity (Wildman–Crippen MR) is 120 cm³/mol. The Hall–Kier alpha value is -3.81. The average Bonchev–Trinajstić information content (AvgIpc) is 3.09. The zero-order valence-electron chi connectivity index (χ0n) is 17.8. The SMILES string of the molecule is CC(C)N(C)c1nc2ccc(NC(=O)c3ncc(-c4ccc(F)cc4)cn3)cc2n1C. The Bertz CT molecular complexity index is 1230. The number of nitrogens with one attached hydrogen (secondary N) is 1. The van der Waals surface area contributed by atoms with E-state index >= 15 is 0 Å². The lowest BCUT2D eigenvalue weighted by molar-refractivity contribution is 0.101. The molecule has 0 spiro atoms. The number of imidazole rings is 1. The Labute approximate surface area is 179 Å². The van der Waals surface area contributed by atoms with Crippen molar-refractivity contribution in [1.29, 1.82) is 0 Å². The van der Waals surface area contributed by atoms with E-state index in [4.69, 9.17) is 0 Å². The van der Waals surface area contributed by atoms with E-state index in [-0.39, 0.29) is 11.6 Å². The summed E-state index contributed by atoms with van der Waals surface area (Å²) in [6.07, 6.45) is 3.10. The molecule has 1 amide bonds. The van der Waals surface area contributed by atoms with Gasteiger partial charge in [0.05, 0.1) is 11.0 Å². The minimum atomic E-state index is -0.410. The number of aromatic nitrogens is 4. The van der Waals surface area contributed by atoms with Crippen molar-refractivity contribution in [3.8, 4) is 11.1 Å². The van der Waals surface area contributed by atoms with Crippen LogP contribution in [0.1, 0.15) is 24.5 Å². The van der Waals surface area contributed by atoms with Crippen molar-refractivity contribution in [2.24, 2.45) is 7.05 Å². The van der Waals surface area contributed by atoms with Gasteiger partial charge in [-0.05, 0) is 49.7 Å². The van der Waals surface area contributed by atoms with Crippen molar-refractivity contribution in [3.05, 3.63) is 66.5 Å². The molecule has 0 unspecified atom stereocenters. The number of fused-ring (bicyclic) bond motifs is 1. The van der Waals surface area contributed by atoms with Crippen LogP contribution < -0.4 is 10.2 Å². The second kappa shape index (κ2) is 8.14. The molecule has 4 aromatic rings. The number of nitrogens with zero attached hydrogens (tertiary/aromatic N) is 5. The van der Waals surface area contributed by atoms with Crippen LogP contribution in [0.5, 0.6) is 0 Å². The van der Waals surface area contributed by atoms with Gasteiger partial charge in [0.15, 0.2) is 0 Å². The van der Waals surface area contributed by atoms with Gasteiger partial charge in [-0.2, -0.15) is 0 Å². The molecule has 0 saturated carbocycles. The van der Waals surface area contributed by atoms with Gasteiger partial charge in [-0.3, -0.25) is 4.79 Å². The number of halogens is 1. The van der Waals surface area contributed by atoms with Gasteiger partial charge in [0.2, 0.25) is 11.8 Å². The van der Waals surface area contributed by atoms with E-state index in [1.165, 1.54) is 12.1 Å². The smallest absolute Gasteiger partial charge is 0.293 e. The van der Waals surface area contributed by atoms with E-state index in [0.29, 0.717) is 17.3 Å². The molecule has 2 aromatic carbocycles. The van der Waals surface area contributed by atoms with Crippen molar-refractivity contribution in [3.63, 3.8) is 0 Å². The number of hydrogen-bond donors (Lipinski definition) is 1. The summed E-state index contributed by atoms with van der Waals surface area (Å²) in [4.78, 5) is 27.7. The Kier molecular flexibility index (Phi) is 5.37. The highest BCUT2D eigenvalue weighted by molar-refractivity contribution is 6.02. The summed E-state index contributed by atoms with van der Waals surface area (Å²) in [7, 11) is 3.95. The van der Waals surface area contributed by atoms with Gasteiger partial charge < -0.3 is 14.8 Å². The van der Waals surface area contributed by atoms with Crippen LogP contribution in [0.2, 0.25) is 0 Å². The average molecular weight is 418 g/mol. The molecular weight excluding hydrogens is 395 g/mol. The van der Waals surface area contributed by atoms with Gasteiger partial charge in [0.25, 0.3) is 5.91 Å². The monoisotopic (exact) mass is 418 g/mol. The first-order valence-corrected chi connectivity index (χ1v) is 9.92. The van der Waals surface area contributed by atoms with Gasteiger partial charge in [0.1, 0.15) is 5.82 Å². The maximum atomic E-state index is 13.1. The summed E-state index contributed by atoms with van der Waals surface area (Å²) >= 11 is 0. The maximum Gasteiger partial charge on any atom is 0.293 e. The number of anilines is 2. The number of carbonyl (C=O) groups is 1. The number of hydrogen-bond acceptors (Lipinski definition) is 5. The molecule has 0 bridgehead atoms. The molecule has 0 aliphatic rings. The Morgan fingerprint density at radius 2 is 1.74 bits per heavy atom. The van der Waals surface area contributed by atoms with Crippen LogP contribution in [0.3, 0.4) is 0 Å². The zero-order chi connectivity index (χ0) is 22.1. The van der Waals surface area contributed by atoms with E-state index in [1.807, 2.05) is 30.8 Å². The van der Waals surface area contributed by atoms with Crippen LogP contribution >= 0.6 is 0 Å². The van der Waals surface area contributed by atoms with Crippen molar-refractivity contribution in [2.75, 3.05) is 17.3 Å². The molecular formula is C23H23FN6O. The van der Waals surface area contributed by atoms with Crippen molar-refractivity contribution >= 4 is 28.6 Å². The lowest BCUT2D eigenvalue weighted by Crippen LogP contribution is -2.28. The first-order chi connectivity index (χ1) is 14.8. The lowest BCUT2D eigenvalue weighted by atomic mass is 10.1. The topological polar surface area (TPSA) is 75.9 Å². The van der Waals surface area contributed by atoms with E-state index in [1.54, 1.807) is 30.6 Å². The van der Waals surface area contributed by atoms with E-state index < -0.39 is 5.91 Å². The highest BCUT2D eigenvalue weighted by Crippen LogP contribution is 2.25. The molecule has 4 rings (SSSR count). The Morgan fingerprint density at radius 1 is 1.06 bits per heavy atom. The fourth-order valence-corrected chi connectivity index (χ4v) is 3.22. The first-order valence-electron chi connectivity index (χ1n) is 9.92. The normalized spacial score (nSPS) is 11.2. The van der Waals surface area contributed by atoms with E-state index in [9.17, 15) is 9.18 Å². The third-order valence-corrected chi connectivity index (χ3v) is 5.24. The molecule has 158 valence electrons. The summed E-state index contributed by atoms with van der Waals surface area (Å²) < 4.78 is 15.1. The standard InChI is InChI=1S/C23H23FN6O/c1-14(2)29(3)23-28-19-10-9-18(11-20(19)30(23)4)27-22(31)21-25-12-16(13-26-21)15-5-7-17(24)8-6-15/h5-14H,1-4H3,(H,27,31). The number of aryl methyl sites for hydroxylation is 1. The van der Waals surface area contributed by atoms with Gasteiger partial charge in [-0.25, -0.2) is 19.3 Å². The predicted octanol–water partition coefficient (Wildman–Crippen LogP) is 4.27.